The first-order valence-corrected chi connectivity index (χ1v) is 8.55. The van der Waals surface area contributed by atoms with E-state index in [0.29, 0.717) is 18.4 Å². The topological polar surface area (TPSA) is 60.0 Å². The number of likely N-dealkylation sites (tertiary alicyclic amines) is 2. The molecule has 1 amide bonds. The molecule has 134 valence electrons. The maximum Gasteiger partial charge on any atom is 0.222 e. The van der Waals surface area contributed by atoms with E-state index in [2.05, 4.69) is 29.5 Å². The van der Waals surface area contributed by atoms with Crippen molar-refractivity contribution in [3.05, 3.63) is 0 Å². The molecule has 2 rings (SSSR count). The fourth-order valence-electron chi connectivity index (χ4n) is 3.29. The minimum atomic E-state index is 0. The molecular weight excluding hydrogens is 405 g/mol. The van der Waals surface area contributed by atoms with E-state index in [1.54, 1.807) is 4.90 Å². The maximum atomic E-state index is 11.6. The number of carbonyl (C=O) groups is 1. The van der Waals surface area contributed by atoms with Gasteiger partial charge in [-0.2, -0.15) is 0 Å². The summed E-state index contributed by atoms with van der Waals surface area (Å²) in [5, 5.41) is 6.82. The molecule has 0 aromatic carbocycles. The lowest BCUT2D eigenvalue weighted by atomic mass is 9.99. The Hall–Kier alpha value is -0.570. The number of guanidine groups is 1. The molecule has 0 spiro atoms. The van der Waals surface area contributed by atoms with Crippen molar-refractivity contribution in [3.63, 3.8) is 0 Å². The van der Waals surface area contributed by atoms with Gasteiger partial charge in [0.25, 0.3) is 0 Å². The van der Waals surface area contributed by atoms with Crippen molar-refractivity contribution in [2.75, 3.05) is 46.8 Å². The van der Waals surface area contributed by atoms with Crippen LogP contribution in [-0.2, 0) is 4.79 Å². The Labute approximate surface area is 157 Å². The fourth-order valence-corrected chi connectivity index (χ4v) is 3.29. The Bertz CT molecular complexity index is 404. The Morgan fingerprint density at radius 1 is 1.30 bits per heavy atom. The first kappa shape index (κ1) is 20.5. The van der Waals surface area contributed by atoms with Gasteiger partial charge in [0.05, 0.1) is 0 Å². The van der Waals surface area contributed by atoms with E-state index in [-0.39, 0.29) is 29.9 Å². The Morgan fingerprint density at radius 3 is 2.74 bits per heavy atom. The molecule has 2 atom stereocenters. The van der Waals surface area contributed by atoms with E-state index in [0.717, 1.165) is 38.6 Å². The summed E-state index contributed by atoms with van der Waals surface area (Å²) in [5.74, 6) is 1.79. The highest BCUT2D eigenvalue weighted by Gasteiger charge is 2.23. The number of likely N-dealkylation sites (N-methyl/N-ethyl adjacent to an activating group) is 1. The lowest BCUT2D eigenvalue weighted by Gasteiger charge is -2.31. The highest BCUT2D eigenvalue weighted by molar-refractivity contribution is 14.0. The molecule has 2 N–H and O–H groups in total. The van der Waals surface area contributed by atoms with Crippen molar-refractivity contribution in [1.82, 2.24) is 20.4 Å². The zero-order valence-corrected chi connectivity index (χ0v) is 17.0. The standard InChI is InChI=1S/C16H31N5O.HI/c1-4-17-16(18-10-13-6-5-9-20(2)11-13)19-14-7-8-15(22)21(3)12-14;/h13-14H,4-12H2,1-3H3,(H2,17,18,19);1H. The van der Waals surface area contributed by atoms with Crippen LogP contribution in [0.1, 0.15) is 32.6 Å². The average Bonchev–Trinajstić information content (AvgIpc) is 2.49. The van der Waals surface area contributed by atoms with Crippen LogP contribution >= 0.6 is 24.0 Å². The Balaban J connectivity index is 0.00000264. The summed E-state index contributed by atoms with van der Waals surface area (Å²) in [5.41, 5.74) is 0. The third-order valence-electron chi connectivity index (χ3n) is 4.54. The van der Waals surface area contributed by atoms with Gasteiger partial charge in [0.15, 0.2) is 5.96 Å². The quantitative estimate of drug-likeness (QED) is 0.393. The van der Waals surface area contributed by atoms with E-state index >= 15 is 0 Å². The highest BCUT2D eigenvalue weighted by atomic mass is 127. The summed E-state index contributed by atoms with van der Waals surface area (Å²) in [6.07, 6.45) is 4.06. The zero-order chi connectivity index (χ0) is 15.9. The number of carbonyl (C=O) groups excluding carboxylic acids is 1. The van der Waals surface area contributed by atoms with Crippen molar-refractivity contribution in [3.8, 4) is 0 Å². The summed E-state index contributed by atoms with van der Waals surface area (Å²) in [4.78, 5) is 20.5. The van der Waals surface area contributed by atoms with Gasteiger partial charge in [-0.15, -0.1) is 24.0 Å². The SMILES string of the molecule is CCNC(=NCC1CCCN(C)C1)NC1CCC(=O)N(C)C1.I. The van der Waals surface area contributed by atoms with Crippen LogP contribution in [0.4, 0.5) is 0 Å². The molecule has 0 bridgehead atoms. The molecule has 7 heteroatoms. The first-order chi connectivity index (χ1) is 10.6. The molecule has 23 heavy (non-hydrogen) atoms. The van der Waals surface area contributed by atoms with Gasteiger partial charge >= 0.3 is 0 Å². The molecule has 6 nitrogen and oxygen atoms in total. The normalized spacial score (nSPS) is 26.7. The maximum absolute atomic E-state index is 11.6. The monoisotopic (exact) mass is 437 g/mol. The number of nitrogens with one attached hydrogen (secondary N) is 2. The lowest BCUT2D eigenvalue weighted by molar-refractivity contribution is -0.132. The minimum Gasteiger partial charge on any atom is -0.357 e. The molecule has 2 aliphatic heterocycles. The van der Waals surface area contributed by atoms with Gasteiger partial charge in [-0.1, -0.05) is 0 Å². The van der Waals surface area contributed by atoms with E-state index in [1.165, 1.54) is 19.4 Å². The second kappa shape index (κ2) is 10.3. The number of hydrogen-bond acceptors (Lipinski definition) is 3. The van der Waals surface area contributed by atoms with E-state index in [1.807, 2.05) is 7.05 Å². The first-order valence-electron chi connectivity index (χ1n) is 8.55. The molecule has 0 aromatic heterocycles. The predicted octanol–water partition coefficient (Wildman–Crippen LogP) is 1.12. The summed E-state index contributed by atoms with van der Waals surface area (Å²) < 4.78 is 0. The molecule has 2 aliphatic rings. The number of nitrogens with zero attached hydrogens (tertiary/aromatic N) is 3. The van der Waals surface area contributed by atoms with Crippen LogP contribution in [-0.4, -0.2) is 74.5 Å². The average molecular weight is 437 g/mol. The van der Waals surface area contributed by atoms with E-state index in [9.17, 15) is 4.79 Å². The lowest BCUT2D eigenvalue weighted by Crippen LogP contribution is -2.51. The molecule has 0 aliphatic carbocycles. The third kappa shape index (κ3) is 6.82. The minimum absolute atomic E-state index is 0. The van der Waals surface area contributed by atoms with Crippen molar-refractivity contribution in [1.29, 1.82) is 0 Å². The van der Waals surface area contributed by atoms with Gasteiger partial charge in [0.2, 0.25) is 5.91 Å². The number of piperidine rings is 2. The highest BCUT2D eigenvalue weighted by Crippen LogP contribution is 2.15. The third-order valence-corrected chi connectivity index (χ3v) is 4.54. The summed E-state index contributed by atoms with van der Waals surface area (Å²) >= 11 is 0. The number of amides is 1. The second-order valence-corrected chi connectivity index (χ2v) is 6.64. The van der Waals surface area contributed by atoms with Crippen LogP contribution in [0.15, 0.2) is 4.99 Å². The number of hydrogen-bond donors (Lipinski definition) is 2. The molecule has 2 unspecified atom stereocenters. The van der Waals surface area contributed by atoms with E-state index < -0.39 is 0 Å². The van der Waals surface area contributed by atoms with Gasteiger partial charge < -0.3 is 20.4 Å². The number of rotatable bonds is 4. The molecule has 2 saturated heterocycles. The second-order valence-electron chi connectivity index (χ2n) is 6.64. The largest absolute Gasteiger partial charge is 0.357 e. The van der Waals surface area contributed by atoms with Crippen molar-refractivity contribution in [2.45, 2.75) is 38.6 Å². The van der Waals surface area contributed by atoms with E-state index in [4.69, 9.17) is 4.99 Å². The van der Waals surface area contributed by atoms with Crippen LogP contribution in [0.25, 0.3) is 0 Å². The van der Waals surface area contributed by atoms with Crippen LogP contribution < -0.4 is 10.6 Å². The van der Waals surface area contributed by atoms with Crippen molar-refractivity contribution in [2.24, 2.45) is 10.9 Å². The molecule has 2 fully saturated rings. The Kier molecular flexibility index (Phi) is 9.19. The summed E-state index contributed by atoms with van der Waals surface area (Å²) in [7, 11) is 4.06. The van der Waals surface area contributed by atoms with Crippen LogP contribution in [0.2, 0.25) is 0 Å². The van der Waals surface area contributed by atoms with Crippen molar-refractivity contribution < 1.29 is 4.79 Å². The van der Waals surface area contributed by atoms with Gasteiger partial charge in [-0.25, -0.2) is 0 Å². The summed E-state index contributed by atoms with van der Waals surface area (Å²) in [6, 6.07) is 0.300. The molecule has 2 heterocycles. The van der Waals surface area contributed by atoms with Gasteiger partial charge in [0, 0.05) is 45.7 Å². The molecule has 0 saturated carbocycles. The number of aliphatic imine (C=N–C) groups is 1. The Morgan fingerprint density at radius 2 is 2.09 bits per heavy atom. The molecule has 0 radical (unpaired) electrons. The van der Waals surface area contributed by atoms with Crippen LogP contribution in [0.3, 0.4) is 0 Å². The predicted molar refractivity (Wildman–Crippen MR) is 105 cm³/mol. The van der Waals surface area contributed by atoms with Crippen LogP contribution in [0.5, 0.6) is 0 Å². The number of halogens is 1. The van der Waals surface area contributed by atoms with Gasteiger partial charge in [0.1, 0.15) is 0 Å². The zero-order valence-electron chi connectivity index (χ0n) is 14.7. The smallest absolute Gasteiger partial charge is 0.222 e. The molecule has 0 aromatic rings. The fraction of sp³-hybridized carbons (Fsp3) is 0.875. The van der Waals surface area contributed by atoms with Gasteiger partial charge in [-0.05, 0) is 45.7 Å². The molecular formula is C16H32IN5O. The van der Waals surface area contributed by atoms with Gasteiger partial charge in [-0.3, -0.25) is 9.79 Å². The van der Waals surface area contributed by atoms with Crippen LogP contribution in [0, 0.1) is 5.92 Å². The summed E-state index contributed by atoms with van der Waals surface area (Å²) in [6.45, 7) is 6.93. The van der Waals surface area contributed by atoms with Crippen molar-refractivity contribution >= 4 is 35.8 Å².